The van der Waals surface area contributed by atoms with Crippen LogP contribution in [0.3, 0.4) is 0 Å². The summed E-state index contributed by atoms with van der Waals surface area (Å²) in [6, 6.07) is 3.01. The summed E-state index contributed by atoms with van der Waals surface area (Å²) in [6.45, 7) is 8.54. The Hall–Kier alpha value is -3.14. The number of hydrogen-bond donors (Lipinski definition) is 2. The number of hydrogen-bond acceptors (Lipinski definition) is 9. The number of carbonyl (C=O) groups excluding carboxylic acids is 3. The molecule has 1 aromatic carbocycles. The van der Waals surface area contributed by atoms with Crippen molar-refractivity contribution in [3.8, 4) is 11.5 Å². The molecule has 3 N–H and O–H groups in total. The van der Waals surface area contributed by atoms with Crippen molar-refractivity contribution in [2.75, 3.05) is 0 Å². The Balaban J connectivity index is 3.19. The molecule has 34 heavy (non-hydrogen) atoms. The van der Waals surface area contributed by atoms with Gasteiger partial charge < -0.3 is 29.8 Å². The molecule has 190 valence electrons. The maximum atomic E-state index is 12.0. The van der Waals surface area contributed by atoms with Crippen molar-refractivity contribution in [1.82, 2.24) is 0 Å². The number of ether oxygens (including phenoxy) is 4. The molecule has 0 fully saturated rings. The molecule has 1 aromatic rings. The predicted octanol–water partition coefficient (Wildman–Crippen LogP) is 3.93. The highest BCUT2D eigenvalue weighted by molar-refractivity contribution is 5.77. The first kappa shape index (κ1) is 28.9. The lowest BCUT2D eigenvalue weighted by Crippen LogP contribution is -2.38. The first-order valence-corrected chi connectivity index (χ1v) is 11.4. The van der Waals surface area contributed by atoms with Gasteiger partial charge in [0.25, 0.3) is 0 Å². The van der Waals surface area contributed by atoms with Gasteiger partial charge in [-0.2, -0.15) is 0 Å². The second-order valence-corrected chi connectivity index (χ2v) is 7.96. The van der Waals surface area contributed by atoms with Gasteiger partial charge in [-0.05, 0) is 44.4 Å². The molecule has 10 nitrogen and oxygen atoms in total. The van der Waals surface area contributed by atoms with Crippen molar-refractivity contribution in [2.24, 2.45) is 5.73 Å². The van der Waals surface area contributed by atoms with Crippen LogP contribution in [0.25, 0.3) is 0 Å². The zero-order chi connectivity index (χ0) is 25.8. The Morgan fingerprint density at radius 1 is 0.912 bits per heavy atom. The second kappa shape index (κ2) is 14.2. The summed E-state index contributed by atoms with van der Waals surface area (Å²) in [5.74, 6) is -3.18. The summed E-state index contributed by atoms with van der Waals surface area (Å²) in [7, 11) is 0. The van der Waals surface area contributed by atoms with Crippen molar-refractivity contribution in [1.29, 1.82) is 0 Å². The van der Waals surface area contributed by atoms with Crippen LogP contribution >= 0.6 is 0 Å². The Bertz CT molecular complexity index is 855. The van der Waals surface area contributed by atoms with E-state index in [1.165, 1.54) is 18.2 Å². The molecule has 0 amide bonds. The Morgan fingerprint density at radius 3 is 2.00 bits per heavy atom. The minimum absolute atomic E-state index is 0.0258. The summed E-state index contributed by atoms with van der Waals surface area (Å²) in [6.07, 6.45) is -0.120. The van der Waals surface area contributed by atoms with Gasteiger partial charge in [0.05, 0.1) is 0 Å². The fourth-order valence-corrected chi connectivity index (χ4v) is 3.20. The van der Waals surface area contributed by atoms with Gasteiger partial charge in [-0.1, -0.05) is 33.3 Å². The van der Waals surface area contributed by atoms with Crippen LogP contribution in [0, 0.1) is 0 Å². The highest BCUT2D eigenvalue weighted by atomic mass is 16.7. The molecule has 0 heterocycles. The summed E-state index contributed by atoms with van der Waals surface area (Å²) < 4.78 is 21.0. The molecule has 0 aliphatic rings. The third-order valence-corrected chi connectivity index (χ3v) is 5.02. The minimum atomic E-state index is -1.35. The van der Waals surface area contributed by atoms with Gasteiger partial charge in [0, 0.05) is 18.8 Å². The predicted molar refractivity (Wildman–Crippen MR) is 123 cm³/mol. The maximum Gasteiger partial charge on any atom is 0.508 e. The number of carboxylic acid groups (broad SMARTS) is 1. The smallest absolute Gasteiger partial charge is 0.480 e. The lowest BCUT2D eigenvalue weighted by atomic mass is 9.87. The van der Waals surface area contributed by atoms with Crippen LogP contribution in [0.1, 0.15) is 78.2 Å². The molecular formula is C24H35NO9. The van der Waals surface area contributed by atoms with E-state index in [2.05, 4.69) is 0 Å². The highest BCUT2D eigenvalue weighted by Gasteiger charge is 2.30. The highest BCUT2D eigenvalue weighted by Crippen LogP contribution is 2.35. The number of carbonyl (C=O) groups is 4. The quantitative estimate of drug-likeness (QED) is 0.313. The lowest BCUT2D eigenvalue weighted by Gasteiger charge is -2.25. The van der Waals surface area contributed by atoms with Crippen LogP contribution in [0.4, 0.5) is 4.79 Å². The number of esters is 2. The van der Waals surface area contributed by atoms with Gasteiger partial charge in [0.15, 0.2) is 11.5 Å². The van der Waals surface area contributed by atoms with Crippen molar-refractivity contribution in [3.63, 3.8) is 0 Å². The average Bonchev–Trinajstić information content (AvgIpc) is 2.77. The molecule has 10 heteroatoms. The van der Waals surface area contributed by atoms with E-state index in [1.807, 2.05) is 6.92 Å². The lowest BCUT2D eigenvalue weighted by molar-refractivity contribution is -0.139. The van der Waals surface area contributed by atoms with Gasteiger partial charge in [-0.15, -0.1) is 0 Å². The third-order valence-electron chi connectivity index (χ3n) is 5.02. The number of aliphatic carboxylic acids is 1. The van der Waals surface area contributed by atoms with E-state index in [-0.39, 0.29) is 36.9 Å². The second-order valence-electron chi connectivity index (χ2n) is 7.96. The molecule has 0 aliphatic carbocycles. The zero-order valence-corrected chi connectivity index (χ0v) is 20.4. The first-order valence-electron chi connectivity index (χ1n) is 11.4. The molecular weight excluding hydrogens is 446 g/mol. The van der Waals surface area contributed by atoms with E-state index in [0.29, 0.717) is 12.0 Å². The Labute approximate surface area is 199 Å². The minimum Gasteiger partial charge on any atom is -0.480 e. The van der Waals surface area contributed by atoms with Crippen LogP contribution in [0.5, 0.6) is 11.5 Å². The molecule has 0 aromatic heterocycles. The first-order chi connectivity index (χ1) is 16.0. The van der Waals surface area contributed by atoms with E-state index < -0.39 is 42.1 Å². The third kappa shape index (κ3) is 9.38. The normalized spacial score (nSPS) is 14.3. The van der Waals surface area contributed by atoms with Gasteiger partial charge in [0.1, 0.15) is 18.2 Å². The molecule has 4 atom stereocenters. The van der Waals surface area contributed by atoms with Gasteiger partial charge in [-0.3, -0.25) is 14.4 Å². The van der Waals surface area contributed by atoms with Gasteiger partial charge in [-0.25, -0.2) is 4.79 Å². The van der Waals surface area contributed by atoms with Crippen molar-refractivity contribution in [3.05, 3.63) is 23.8 Å². The van der Waals surface area contributed by atoms with Crippen LogP contribution in [-0.2, 0) is 23.9 Å². The fourth-order valence-electron chi connectivity index (χ4n) is 3.20. The zero-order valence-electron chi connectivity index (χ0n) is 20.4. The van der Waals surface area contributed by atoms with E-state index in [0.717, 1.165) is 6.42 Å². The largest absolute Gasteiger partial charge is 0.508 e. The van der Waals surface area contributed by atoms with Crippen LogP contribution in [0.2, 0.25) is 0 Å². The molecule has 1 rings (SSSR count). The number of rotatable bonds is 13. The number of nitrogens with two attached hydrogens (primary N) is 1. The Morgan fingerprint density at radius 2 is 1.47 bits per heavy atom. The van der Waals surface area contributed by atoms with Crippen LogP contribution in [0.15, 0.2) is 18.2 Å². The van der Waals surface area contributed by atoms with Gasteiger partial charge >= 0.3 is 24.1 Å². The van der Waals surface area contributed by atoms with E-state index in [4.69, 9.17) is 24.7 Å². The van der Waals surface area contributed by atoms with Crippen molar-refractivity contribution < 1.29 is 43.2 Å². The molecule has 0 radical (unpaired) electrons. The molecule has 0 saturated carbocycles. The van der Waals surface area contributed by atoms with Crippen LogP contribution in [-0.4, -0.2) is 47.4 Å². The topological polar surface area (TPSA) is 151 Å². The van der Waals surface area contributed by atoms with Crippen molar-refractivity contribution >= 4 is 24.1 Å². The average molecular weight is 482 g/mol. The molecule has 0 spiro atoms. The van der Waals surface area contributed by atoms with E-state index in [9.17, 15) is 24.3 Å². The number of benzene rings is 1. The maximum absolute atomic E-state index is 12.0. The molecule has 0 bridgehead atoms. The fraction of sp³-hybridized carbons (Fsp3) is 0.583. The summed E-state index contributed by atoms with van der Waals surface area (Å²) in [5, 5.41) is 9.53. The summed E-state index contributed by atoms with van der Waals surface area (Å²) >= 11 is 0. The SMILES string of the molecule is CCCC(C)OC(=O)OC(C)CC(c1ccc(OC(=O)CC)c(OC(=O)CC)c1)[C@H](N)C(=O)O. The standard InChI is InChI=1S/C24H35NO9/c1-6-9-14(4)31-24(30)32-15(5)12-17(22(25)23(28)29)16-10-11-18(33-20(26)7-2)19(13-16)34-21(27)8-3/h10-11,13-15,17,22H,6-9,12,25H2,1-5H3,(H,28,29)/t14?,15?,17?,22-/m0/s1. The van der Waals surface area contributed by atoms with E-state index in [1.54, 1.807) is 27.7 Å². The van der Waals surface area contributed by atoms with E-state index >= 15 is 0 Å². The number of carboxylic acids is 1. The molecule has 0 saturated heterocycles. The van der Waals surface area contributed by atoms with Gasteiger partial charge in [0.2, 0.25) is 0 Å². The van der Waals surface area contributed by atoms with Crippen LogP contribution < -0.4 is 15.2 Å². The summed E-state index contributed by atoms with van der Waals surface area (Å²) in [4.78, 5) is 47.4. The monoisotopic (exact) mass is 481 g/mol. The molecule has 0 aliphatic heterocycles. The van der Waals surface area contributed by atoms with Crippen molar-refractivity contribution in [2.45, 2.75) is 90.9 Å². The Kier molecular flexibility index (Phi) is 12.1. The summed E-state index contributed by atoms with van der Waals surface area (Å²) in [5.41, 5.74) is 6.36. The molecule has 3 unspecified atom stereocenters.